The van der Waals surface area contributed by atoms with Crippen LogP contribution in [0.1, 0.15) is 40.5 Å². The number of nitrogens with one attached hydrogen (secondary N) is 2. The van der Waals surface area contributed by atoms with E-state index < -0.39 is 6.04 Å². The van der Waals surface area contributed by atoms with Gasteiger partial charge in [-0.1, -0.05) is 17.3 Å². The van der Waals surface area contributed by atoms with Crippen molar-refractivity contribution in [1.29, 1.82) is 0 Å². The molecule has 7 nitrogen and oxygen atoms in total. The van der Waals surface area contributed by atoms with Crippen molar-refractivity contribution in [3.63, 3.8) is 0 Å². The molecule has 27 heavy (non-hydrogen) atoms. The molecule has 3 aromatic heterocycles. The van der Waals surface area contributed by atoms with Crippen molar-refractivity contribution in [3.8, 4) is 11.4 Å². The molecular formula is C20H19N5O2. The number of aromatic amines is 1. The number of fused-ring (bicyclic) bond motifs is 1. The van der Waals surface area contributed by atoms with Gasteiger partial charge in [0.1, 0.15) is 6.04 Å². The number of H-pyrrole nitrogens is 1. The highest BCUT2D eigenvalue weighted by atomic mass is 16.5. The average Bonchev–Trinajstić information content (AvgIpc) is 3.28. The SMILES string of the molecule is Cc1[nH]c2c(C(=O)N[C@@H](C)c3nc(-c4cccnc4)no3)cccc2c1C. The second-order valence-electron chi connectivity index (χ2n) is 6.50. The molecule has 0 saturated heterocycles. The molecule has 4 aromatic rings. The lowest BCUT2D eigenvalue weighted by Gasteiger charge is -2.10. The van der Waals surface area contributed by atoms with Crippen LogP contribution in [0.25, 0.3) is 22.3 Å². The van der Waals surface area contributed by atoms with Crippen LogP contribution >= 0.6 is 0 Å². The number of aryl methyl sites for hydroxylation is 2. The molecular weight excluding hydrogens is 342 g/mol. The minimum absolute atomic E-state index is 0.199. The van der Waals surface area contributed by atoms with E-state index >= 15 is 0 Å². The lowest BCUT2D eigenvalue weighted by molar-refractivity contribution is 0.0934. The van der Waals surface area contributed by atoms with Crippen molar-refractivity contribution >= 4 is 16.8 Å². The number of para-hydroxylation sites is 1. The van der Waals surface area contributed by atoms with Gasteiger partial charge in [-0.2, -0.15) is 4.98 Å². The van der Waals surface area contributed by atoms with Crippen LogP contribution in [0.4, 0.5) is 0 Å². The summed E-state index contributed by atoms with van der Waals surface area (Å²) in [5, 5.41) is 7.94. The maximum atomic E-state index is 12.8. The summed E-state index contributed by atoms with van der Waals surface area (Å²) in [5.74, 6) is 0.584. The van der Waals surface area contributed by atoms with Crippen LogP contribution < -0.4 is 5.32 Å². The molecule has 1 amide bonds. The maximum Gasteiger partial charge on any atom is 0.254 e. The van der Waals surface area contributed by atoms with E-state index in [1.807, 2.05) is 39.0 Å². The third kappa shape index (κ3) is 3.08. The van der Waals surface area contributed by atoms with Gasteiger partial charge in [-0.3, -0.25) is 9.78 Å². The Bertz CT molecular complexity index is 1110. The van der Waals surface area contributed by atoms with E-state index in [0.717, 1.165) is 27.7 Å². The van der Waals surface area contributed by atoms with Gasteiger partial charge in [-0.05, 0) is 44.5 Å². The summed E-state index contributed by atoms with van der Waals surface area (Å²) < 4.78 is 5.32. The van der Waals surface area contributed by atoms with Crippen LogP contribution in [0.15, 0.2) is 47.2 Å². The van der Waals surface area contributed by atoms with Crippen LogP contribution in [-0.2, 0) is 0 Å². The fraction of sp³-hybridized carbons (Fsp3) is 0.200. The van der Waals surface area contributed by atoms with Crippen molar-refractivity contribution in [3.05, 3.63) is 65.4 Å². The summed E-state index contributed by atoms with van der Waals surface area (Å²) in [5.41, 5.74) is 4.37. The second-order valence-corrected chi connectivity index (χ2v) is 6.50. The fourth-order valence-electron chi connectivity index (χ4n) is 3.03. The zero-order valence-electron chi connectivity index (χ0n) is 15.3. The van der Waals surface area contributed by atoms with Gasteiger partial charge in [0.25, 0.3) is 5.91 Å². The number of pyridine rings is 1. The summed E-state index contributed by atoms with van der Waals surface area (Å²) in [4.78, 5) is 24.5. The first-order valence-electron chi connectivity index (χ1n) is 8.67. The smallest absolute Gasteiger partial charge is 0.254 e. The van der Waals surface area contributed by atoms with Crippen molar-refractivity contribution < 1.29 is 9.32 Å². The minimum atomic E-state index is -0.428. The van der Waals surface area contributed by atoms with E-state index in [2.05, 4.69) is 25.4 Å². The number of hydrogen-bond donors (Lipinski definition) is 2. The predicted molar refractivity (Wildman–Crippen MR) is 101 cm³/mol. The van der Waals surface area contributed by atoms with Crippen LogP contribution in [0.2, 0.25) is 0 Å². The van der Waals surface area contributed by atoms with Crippen molar-refractivity contribution in [1.82, 2.24) is 25.4 Å². The molecule has 1 atom stereocenters. The maximum absolute atomic E-state index is 12.8. The summed E-state index contributed by atoms with van der Waals surface area (Å²) >= 11 is 0. The molecule has 2 N–H and O–H groups in total. The van der Waals surface area contributed by atoms with E-state index in [-0.39, 0.29) is 5.91 Å². The quantitative estimate of drug-likeness (QED) is 0.577. The van der Waals surface area contributed by atoms with Gasteiger partial charge < -0.3 is 14.8 Å². The number of hydrogen-bond acceptors (Lipinski definition) is 5. The second kappa shape index (κ2) is 6.68. The Morgan fingerprint density at radius 3 is 2.85 bits per heavy atom. The molecule has 7 heteroatoms. The molecule has 0 spiro atoms. The topological polar surface area (TPSA) is 96.7 Å². The zero-order valence-corrected chi connectivity index (χ0v) is 15.3. The number of carbonyl (C=O) groups excluding carboxylic acids is 1. The van der Waals surface area contributed by atoms with E-state index in [0.29, 0.717) is 17.3 Å². The first-order valence-corrected chi connectivity index (χ1v) is 8.67. The highest BCUT2D eigenvalue weighted by Crippen LogP contribution is 2.25. The third-order valence-electron chi connectivity index (χ3n) is 4.67. The van der Waals surface area contributed by atoms with E-state index in [1.165, 1.54) is 0 Å². The molecule has 0 fully saturated rings. The molecule has 0 aliphatic carbocycles. The summed E-state index contributed by atoms with van der Waals surface area (Å²) in [6, 6.07) is 8.91. The number of amides is 1. The third-order valence-corrected chi connectivity index (χ3v) is 4.67. The average molecular weight is 361 g/mol. The summed E-state index contributed by atoms with van der Waals surface area (Å²) in [6.45, 7) is 5.85. The first-order chi connectivity index (χ1) is 13.0. The number of benzene rings is 1. The molecule has 0 bridgehead atoms. The van der Waals surface area contributed by atoms with Gasteiger partial charge in [0.2, 0.25) is 11.7 Å². The first kappa shape index (κ1) is 17.0. The highest BCUT2D eigenvalue weighted by Gasteiger charge is 2.20. The Labute approximate surface area is 155 Å². The molecule has 136 valence electrons. The van der Waals surface area contributed by atoms with E-state index in [9.17, 15) is 4.79 Å². The Hall–Kier alpha value is -3.48. The summed E-state index contributed by atoms with van der Waals surface area (Å²) in [7, 11) is 0. The standard InChI is InChI=1S/C20H19N5O2/c1-11-12(2)22-17-15(11)7-4-8-16(17)19(26)23-13(3)20-24-18(25-27-20)14-6-5-9-21-10-14/h4-10,13,22H,1-3H3,(H,23,26)/t13-/m0/s1. The molecule has 4 rings (SSSR count). The molecule has 0 radical (unpaired) electrons. The van der Waals surface area contributed by atoms with E-state index in [1.54, 1.807) is 24.5 Å². The number of aromatic nitrogens is 4. The molecule has 0 unspecified atom stereocenters. The molecule has 0 aliphatic rings. The lowest BCUT2D eigenvalue weighted by atomic mass is 10.1. The molecule has 0 aliphatic heterocycles. The zero-order chi connectivity index (χ0) is 19.0. The minimum Gasteiger partial charge on any atom is -0.358 e. The van der Waals surface area contributed by atoms with Gasteiger partial charge in [-0.25, -0.2) is 0 Å². The van der Waals surface area contributed by atoms with Crippen LogP contribution in [0, 0.1) is 13.8 Å². The largest absolute Gasteiger partial charge is 0.358 e. The Morgan fingerprint density at radius 1 is 1.22 bits per heavy atom. The number of rotatable bonds is 4. The normalized spacial score (nSPS) is 12.3. The van der Waals surface area contributed by atoms with Crippen molar-refractivity contribution in [2.45, 2.75) is 26.8 Å². The monoisotopic (exact) mass is 361 g/mol. The van der Waals surface area contributed by atoms with Gasteiger partial charge in [-0.15, -0.1) is 0 Å². The molecule has 0 saturated carbocycles. The fourth-order valence-corrected chi connectivity index (χ4v) is 3.03. The lowest BCUT2D eigenvalue weighted by Crippen LogP contribution is -2.27. The Morgan fingerprint density at radius 2 is 2.07 bits per heavy atom. The van der Waals surface area contributed by atoms with Crippen molar-refractivity contribution in [2.24, 2.45) is 0 Å². The van der Waals surface area contributed by atoms with Crippen molar-refractivity contribution in [2.75, 3.05) is 0 Å². The predicted octanol–water partition coefficient (Wildman–Crippen LogP) is 3.72. The Balaban J connectivity index is 1.57. The Kier molecular flexibility index (Phi) is 4.19. The van der Waals surface area contributed by atoms with Gasteiger partial charge in [0.15, 0.2) is 0 Å². The summed E-state index contributed by atoms with van der Waals surface area (Å²) in [6.07, 6.45) is 3.34. The van der Waals surface area contributed by atoms with Crippen LogP contribution in [-0.4, -0.2) is 26.0 Å². The number of nitrogens with zero attached hydrogens (tertiary/aromatic N) is 3. The molecule has 3 heterocycles. The molecule has 1 aromatic carbocycles. The van der Waals surface area contributed by atoms with Crippen LogP contribution in [0.3, 0.4) is 0 Å². The van der Waals surface area contributed by atoms with Gasteiger partial charge >= 0.3 is 0 Å². The van der Waals surface area contributed by atoms with E-state index in [4.69, 9.17) is 4.52 Å². The van der Waals surface area contributed by atoms with Gasteiger partial charge in [0, 0.05) is 29.0 Å². The number of carbonyl (C=O) groups is 1. The van der Waals surface area contributed by atoms with Crippen LogP contribution in [0.5, 0.6) is 0 Å². The van der Waals surface area contributed by atoms with Gasteiger partial charge in [0.05, 0.1) is 11.1 Å². The highest BCUT2D eigenvalue weighted by molar-refractivity contribution is 6.06.